The molecule has 2 aliphatic rings. The molecule has 1 aromatic carbocycles. The van der Waals surface area contributed by atoms with Crippen LogP contribution in [-0.4, -0.2) is 66.4 Å². The molecule has 28 heavy (non-hydrogen) atoms. The Hall–Kier alpha value is -2.18. The van der Waals surface area contributed by atoms with Gasteiger partial charge in [0.1, 0.15) is 17.3 Å². The minimum absolute atomic E-state index is 0.0274. The Morgan fingerprint density at radius 3 is 2.71 bits per heavy atom. The van der Waals surface area contributed by atoms with Gasteiger partial charge in [-0.3, -0.25) is 14.6 Å². The fraction of sp³-hybridized carbons (Fsp3) is 0.500. The molecule has 0 bridgehead atoms. The van der Waals surface area contributed by atoms with Gasteiger partial charge in [0.25, 0.3) is 0 Å². The van der Waals surface area contributed by atoms with Gasteiger partial charge in [0.15, 0.2) is 0 Å². The molecule has 5 nitrogen and oxygen atoms in total. The van der Waals surface area contributed by atoms with E-state index in [4.69, 9.17) is 4.42 Å². The predicted octanol–water partition coefficient (Wildman–Crippen LogP) is 3.21. The number of likely N-dealkylation sites (N-methyl/N-ethyl adjacent to an activating group) is 1. The second-order valence-electron chi connectivity index (χ2n) is 8.17. The van der Waals surface area contributed by atoms with Crippen LogP contribution in [0.2, 0.25) is 0 Å². The second kappa shape index (κ2) is 7.68. The van der Waals surface area contributed by atoms with Gasteiger partial charge >= 0.3 is 0 Å². The van der Waals surface area contributed by atoms with Gasteiger partial charge in [-0.15, -0.1) is 0 Å². The maximum atomic E-state index is 14.0. The lowest BCUT2D eigenvalue weighted by molar-refractivity contribution is -0.129. The van der Waals surface area contributed by atoms with Gasteiger partial charge in [0, 0.05) is 45.2 Å². The summed E-state index contributed by atoms with van der Waals surface area (Å²) in [5.41, 5.74) is 0.522. The highest BCUT2D eigenvalue weighted by Crippen LogP contribution is 2.33. The third-order valence-electron chi connectivity index (χ3n) is 6.40. The van der Waals surface area contributed by atoms with Gasteiger partial charge in [-0.2, -0.15) is 0 Å². The summed E-state index contributed by atoms with van der Waals surface area (Å²) in [6.07, 6.45) is 2.48. The largest absolute Gasteiger partial charge is 0.460 e. The number of benzene rings is 1. The monoisotopic (exact) mass is 385 g/mol. The van der Waals surface area contributed by atoms with Crippen LogP contribution < -0.4 is 0 Å². The number of furan rings is 1. The molecule has 150 valence electrons. The third-order valence-corrected chi connectivity index (χ3v) is 6.40. The van der Waals surface area contributed by atoms with Crippen molar-refractivity contribution >= 4 is 5.91 Å². The molecule has 2 aliphatic heterocycles. The number of carbonyl (C=O) groups excluding carboxylic acids is 1. The van der Waals surface area contributed by atoms with Crippen molar-refractivity contribution in [2.75, 3.05) is 40.3 Å². The number of nitrogens with zero attached hydrogens (tertiary/aromatic N) is 3. The van der Waals surface area contributed by atoms with E-state index in [9.17, 15) is 9.18 Å². The van der Waals surface area contributed by atoms with Gasteiger partial charge in [-0.1, -0.05) is 12.1 Å². The van der Waals surface area contributed by atoms with E-state index in [0.29, 0.717) is 24.3 Å². The summed E-state index contributed by atoms with van der Waals surface area (Å²) < 4.78 is 20.0. The molecule has 2 saturated heterocycles. The lowest BCUT2D eigenvalue weighted by Gasteiger charge is -2.49. The van der Waals surface area contributed by atoms with Crippen LogP contribution >= 0.6 is 0 Å². The number of halogens is 1. The van der Waals surface area contributed by atoms with Crippen LogP contribution in [0, 0.1) is 5.82 Å². The first-order valence-electron chi connectivity index (χ1n) is 9.98. The smallest absolute Gasteiger partial charge is 0.222 e. The first kappa shape index (κ1) is 19.2. The Kier molecular flexibility index (Phi) is 5.25. The molecule has 0 aliphatic carbocycles. The van der Waals surface area contributed by atoms with Gasteiger partial charge in [-0.25, -0.2) is 4.39 Å². The molecule has 0 unspecified atom stereocenters. The molecule has 1 atom stereocenters. The van der Waals surface area contributed by atoms with Crippen LogP contribution in [0.15, 0.2) is 40.8 Å². The molecule has 1 spiro atoms. The molecule has 3 heterocycles. The van der Waals surface area contributed by atoms with Crippen LogP contribution in [-0.2, 0) is 11.3 Å². The minimum Gasteiger partial charge on any atom is -0.460 e. The Morgan fingerprint density at radius 1 is 1.07 bits per heavy atom. The van der Waals surface area contributed by atoms with Crippen LogP contribution in [0.4, 0.5) is 4.39 Å². The Balaban J connectivity index is 1.47. The lowest BCUT2D eigenvalue weighted by Crippen LogP contribution is -2.60. The fourth-order valence-corrected chi connectivity index (χ4v) is 4.46. The molecule has 0 N–H and O–H groups in total. The van der Waals surface area contributed by atoms with E-state index in [-0.39, 0.29) is 17.3 Å². The Labute approximate surface area is 165 Å². The maximum absolute atomic E-state index is 14.0. The SMILES string of the molecule is CN1CC[C@@]2(CCC1=O)CN(Cc1ccc(-c3ccccc3F)o1)CCN2C. The molecular formula is C22H28FN3O2. The topological polar surface area (TPSA) is 39.9 Å². The quantitative estimate of drug-likeness (QED) is 0.813. The van der Waals surface area contributed by atoms with Gasteiger partial charge in [-0.05, 0) is 44.2 Å². The molecule has 6 heteroatoms. The normalized spacial score (nSPS) is 24.7. The molecule has 1 amide bonds. The number of piperazine rings is 1. The van der Waals surface area contributed by atoms with E-state index in [1.807, 2.05) is 30.1 Å². The van der Waals surface area contributed by atoms with Crippen LogP contribution in [0.25, 0.3) is 11.3 Å². The van der Waals surface area contributed by atoms with Crippen molar-refractivity contribution in [2.24, 2.45) is 0 Å². The van der Waals surface area contributed by atoms with E-state index in [0.717, 1.165) is 44.8 Å². The van der Waals surface area contributed by atoms with E-state index in [2.05, 4.69) is 16.8 Å². The van der Waals surface area contributed by atoms with Crippen molar-refractivity contribution in [1.29, 1.82) is 0 Å². The number of rotatable bonds is 3. The van der Waals surface area contributed by atoms with Crippen LogP contribution in [0.5, 0.6) is 0 Å². The molecule has 2 aromatic rings. The fourth-order valence-electron chi connectivity index (χ4n) is 4.46. The van der Waals surface area contributed by atoms with Crippen LogP contribution in [0.1, 0.15) is 25.0 Å². The van der Waals surface area contributed by atoms with Crippen molar-refractivity contribution < 1.29 is 13.6 Å². The molecule has 0 saturated carbocycles. The number of carbonyl (C=O) groups is 1. The molecule has 1 aromatic heterocycles. The van der Waals surface area contributed by atoms with Crippen LogP contribution in [0.3, 0.4) is 0 Å². The number of likely N-dealkylation sites (tertiary alicyclic amines) is 1. The number of amides is 1. The highest BCUT2D eigenvalue weighted by Gasteiger charge is 2.41. The molecular weight excluding hydrogens is 357 g/mol. The first-order valence-corrected chi connectivity index (χ1v) is 9.98. The Morgan fingerprint density at radius 2 is 1.89 bits per heavy atom. The minimum atomic E-state index is -0.269. The summed E-state index contributed by atoms with van der Waals surface area (Å²) >= 11 is 0. The summed E-state index contributed by atoms with van der Waals surface area (Å²) in [5, 5.41) is 0. The van der Waals surface area contributed by atoms with Crippen molar-refractivity contribution in [2.45, 2.75) is 31.3 Å². The molecule has 2 fully saturated rings. The number of hydrogen-bond donors (Lipinski definition) is 0. The van der Waals surface area contributed by atoms with Crippen molar-refractivity contribution in [3.63, 3.8) is 0 Å². The van der Waals surface area contributed by atoms with Gasteiger partial charge in [0.2, 0.25) is 5.91 Å². The molecule has 0 radical (unpaired) electrons. The lowest BCUT2D eigenvalue weighted by atomic mass is 9.86. The molecule has 4 rings (SSSR count). The zero-order valence-corrected chi connectivity index (χ0v) is 16.7. The predicted molar refractivity (Wildman–Crippen MR) is 106 cm³/mol. The average molecular weight is 385 g/mol. The van der Waals surface area contributed by atoms with E-state index in [1.165, 1.54) is 6.07 Å². The van der Waals surface area contributed by atoms with Gasteiger partial charge in [0.05, 0.1) is 12.1 Å². The summed E-state index contributed by atoms with van der Waals surface area (Å²) in [6, 6.07) is 10.5. The first-order chi connectivity index (χ1) is 13.5. The Bertz CT molecular complexity index is 852. The standard InChI is InChI=1S/C22H28FN3O2/c1-24-12-11-22(10-9-21(24)27)16-26(14-13-25(22)2)15-17-7-8-20(28-17)18-5-3-4-6-19(18)23/h3-8H,9-16H2,1-2H3/t22-/m0/s1. The number of hydrogen-bond acceptors (Lipinski definition) is 4. The third kappa shape index (κ3) is 3.71. The maximum Gasteiger partial charge on any atom is 0.222 e. The summed E-state index contributed by atoms with van der Waals surface area (Å²) in [7, 11) is 4.07. The summed E-state index contributed by atoms with van der Waals surface area (Å²) in [4.78, 5) is 18.8. The van der Waals surface area contributed by atoms with Crippen molar-refractivity contribution in [1.82, 2.24) is 14.7 Å². The zero-order chi connectivity index (χ0) is 19.7. The average Bonchev–Trinajstić information content (AvgIpc) is 3.09. The van der Waals surface area contributed by atoms with Crippen molar-refractivity contribution in [3.05, 3.63) is 48.0 Å². The second-order valence-corrected chi connectivity index (χ2v) is 8.17. The van der Waals surface area contributed by atoms with E-state index in [1.54, 1.807) is 12.1 Å². The van der Waals surface area contributed by atoms with E-state index < -0.39 is 0 Å². The van der Waals surface area contributed by atoms with E-state index >= 15 is 0 Å². The summed E-state index contributed by atoms with van der Waals surface area (Å²) in [6.45, 7) is 4.35. The highest BCUT2D eigenvalue weighted by molar-refractivity contribution is 5.76. The summed E-state index contributed by atoms with van der Waals surface area (Å²) in [5.74, 6) is 1.38. The van der Waals surface area contributed by atoms with Gasteiger partial charge < -0.3 is 9.32 Å². The highest BCUT2D eigenvalue weighted by atomic mass is 19.1. The van der Waals surface area contributed by atoms with Crippen molar-refractivity contribution in [3.8, 4) is 11.3 Å². The zero-order valence-electron chi connectivity index (χ0n) is 16.7.